The third kappa shape index (κ3) is 5.33. The summed E-state index contributed by atoms with van der Waals surface area (Å²) in [6.07, 6.45) is 6.75. The second-order valence-corrected chi connectivity index (χ2v) is 20.4. The molecule has 5 heteroatoms. The fourth-order valence-corrected chi connectivity index (χ4v) is 13.0. The van der Waals surface area contributed by atoms with Crippen LogP contribution in [0.25, 0.3) is 28.0 Å². The fraction of sp³-hybridized carbons (Fsp3) is 0.263. The number of aryl methyl sites for hydroxylation is 2. The molecule has 11 rings (SSSR count). The van der Waals surface area contributed by atoms with Crippen LogP contribution in [0.5, 0.6) is 23.0 Å². The van der Waals surface area contributed by atoms with E-state index in [2.05, 4.69) is 163 Å². The first-order chi connectivity index (χ1) is 29.8. The van der Waals surface area contributed by atoms with Crippen LogP contribution in [0, 0.1) is 24.7 Å². The summed E-state index contributed by atoms with van der Waals surface area (Å²) in [4.78, 5) is 0.308. The van der Waals surface area contributed by atoms with Crippen molar-refractivity contribution in [1.82, 2.24) is 0 Å². The molecule has 1 fully saturated rings. The van der Waals surface area contributed by atoms with Gasteiger partial charge in [0.1, 0.15) is 23.0 Å². The van der Waals surface area contributed by atoms with Gasteiger partial charge in [-0.2, -0.15) is 0 Å². The lowest BCUT2D eigenvalue weighted by molar-refractivity contribution is 0.157. The second-order valence-electron chi connectivity index (χ2n) is 19.2. The van der Waals surface area contributed by atoms with E-state index in [9.17, 15) is 0 Å². The number of thioether (sulfide) groups is 1. The van der Waals surface area contributed by atoms with Crippen molar-refractivity contribution in [2.24, 2.45) is 10.8 Å². The summed E-state index contributed by atoms with van der Waals surface area (Å²) in [6.45, 7) is 14.3. The lowest BCUT2D eigenvalue weighted by atomic mass is 9.71. The smallest absolute Gasteiger partial charge is 0.211 e. The van der Waals surface area contributed by atoms with Gasteiger partial charge in [-0.1, -0.05) is 143 Å². The normalized spacial score (nSPS) is 18.6. The van der Waals surface area contributed by atoms with Crippen LogP contribution in [-0.4, -0.2) is 14.2 Å². The van der Waals surface area contributed by atoms with E-state index in [-0.39, 0.29) is 16.2 Å². The molecule has 0 amide bonds. The average Bonchev–Trinajstić information content (AvgIpc) is 3.86. The highest BCUT2D eigenvalue weighted by molar-refractivity contribution is 8.00. The quantitative estimate of drug-likeness (QED) is 0.167. The maximum atomic E-state index is 7.88. The van der Waals surface area contributed by atoms with Crippen molar-refractivity contribution in [2.45, 2.75) is 75.2 Å². The summed E-state index contributed by atoms with van der Waals surface area (Å²) in [7, 11) is 3.42. The van der Waals surface area contributed by atoms with Crippen molar-refractivity contribution in [1.29, 1.82) is 0 Å². The van der Waals surface area contributed by atoms with Gasteiger partial charge in [0.15, 0.2) is 5.60 Å². The molecule has 0 N–H and O–H groups in total. The monoisotopic (exact) mass is 832 g/mol. The molecule has 0 unspecified atom stereocenters. The Morgan fingerprint density at radius 2 is 1.11 bits per heavy atom. The lowest BCUT2D eigenvalue weighted by Gasteiger charge is -2.39. The molecular weight excluding hydrogens is 781 g/mol. The van der Waals surface area contributed by atoms with Gasteiger partial charge in [0.25, 0.3) is 0 Å². The third-order valence-electron chi connectivity index (χ3n) is 15.2. The first-order valence-corrected chi connectivity index (χ1v) is 22.6. The van der Waals surface area contributed by atoms with Crippen molar-refractivity contribution in [2.75, 3.05) is 14.2 Å². The zero-order chi connectivity index (χ0) is 42.8. The predicted molar refractivity (Wildman–Crippen MR) is 253 cm³/mol. The molecule has 2 aliphatic heterocycles. The summed E-state index contributed by atoms with van der Waals surface area (Å²) in [5.41, 5.74) is 12.3. The third-order valence-corrected chi connectivity index (χ3v) is 16.5. The number of ether oxygens (including phenoxy) is 4. The van der Waals surface area contributed by atoms with Gasteiger partial charge in [0.05, 0.1) is 19.1 Å². The molecule has 0 bridgehead atoms. The van der Waals surface area contributed by atoms with Crippen molar-refractivity contribution >= 4 is 28.6 Å². The van der Waals surface area contributed by atoms with Gasteiger partial charge in [-0.3, -0.25) is 0 Å². The Morgan fingerprint density at radius 3 is 1.66 bits per heavy atom. The van der Waals surface area contributed by atoms with Crippen molar-refractivity contribution in [3.8, 4) is 34.1 Å². The van der Waals surface area contributed by atoms with Crippen LogP contribution in [0.15, 0.2) is 144 Å². The number of hydrogen-bond donors (Lipinski definition) is 0. The Kier molecular flexibility index (Phi) is 8.51. The molecule has 2 heterocycles. The molecule has 4 aliphatic rings. The van der Waals surface area contributed by atoms with Crippen molar-refractivity contribution in [3.05, 3.63) is 190 Å². The summed E-state index contributed by atoms with van der Waals surface area (Å²) in [6, 6.07) is 47.9. The Balaban J connectivity index is 1.23. The van der Waals surface area contributed by atoms with E-state index in [0.29, 0.717) is 0 Å². The van der Waals surface area contributed by atoms with E-state index in [1.807, 2.05) is 24.3 Å². The minimum Gasteiger partial charge on any atom is -0.497 e. The lowest BCUT2D eigenvalue weighted by Crippen LogP contribution is -2.35. The molecule has 0 radical (unpaired) electrons. The van der Waals surface area contributed by atoms with Gasteiger partial charge in [0.2, 0.25) is 4.93 Å². The van der Waals surface area contributed by atoms with Gasteiger partial charge in [-0.25, -0.2) is 0 Å². The first-order valence-electron chi connectivity index (χ1n) is 21.8. The zero-order valence-electron chi connectivity index (χ0n) is 36.8. The van der Waals surface area contributed by atoms with Crippen LogP contribution in [0.4, 0.5) is 0 Å². The molecule has 4 nitrogen and oxygen atoms in total. The summed E-state index contributed by atoms with van der Waals surface area (Å²) in [5.74, 6) is 3.39. The number of hydrogen-bond acceptors (Lipinski definition) is 5. The number of fused-ring (bicyclic) bond motifs is 11. The highest BCUT2D eigenvalue weighted by Gasteiger charge is 2.60. The minimum absolute atomic E-state index is 0.0805. The Labute approximate surface area is 369 Å². The van der Waals surface area contributed by atoms with Gasteiger partial charge < -0.3 is 18.9 Å². The highest BCUT2D eigenvalue weighted by Crippen LogP contribution is 2.71. The molecule has 62 heavy (non-hydrogen) atoms. The van der Waals surface area contributed by atoms with Crippen LogP contribution in [0.1, 0.15) is 90.6 Å². The van der Waals surface area contributed by atoms with Gasteiger partial charge in [0, 0.05) is 38.6 Å². The summed E-state index contributed by atoms with van der Waals surface area (Å²) >= 11 is 1.80. The second kappa shape index (κ2) is 13.5. The van der Waals surface area contributed by atoms with Crippen LogP contribution in [-0.2, 0) is 15.9 Å². The van der Waals surface area contributed by atoms with Crippen LogP contribution >= 0.6 is 11.8 Å². The van der Waals surface area contributed by atoms with Crippen molar-refractivity contribution in [3.63, 3.8) is 0 Å². The molecular formula is C57H52O4S. The molecule has 1 saturated carbocycles. The summed E-state index contributed by atoms with van der Waals surface area (Å²) < 4.78 is 26.7. The number of rotatable bonds is 6. The largest absolute Gasteiger partial charge is 0.497 e. The highest BCUT2D eigenvalue weighted by atomic mass is 32.2. The van der Waals surface area contributed by atoms with E-state index in [4.69, 9.17) is 18.9 Å². The van der Waals surface area contributed by atoms with E-state index >= 15 is 0 Å². The van der Waals surface area contributed by atoms with Crippen LogP contribution in [0.2, 0.25) is 0 Å². The summed E-state index contributed by atoms with van der Waals surface area (Å²) in [5, 5.41) is 2.24. The Morgan fingerprint density at radius 1 is 0.581 bits per heavy atom. The SMILES string of the molecule is COc1ccc(C2(c3ccc(OC)cc3)C=Cc3c4c(c5cc6c(cc5c3O2)SC(c2ccccc2C)(c2ccccc2C)O6)-c2ccccc2C42CC(C)(C)C(C)(C)C2)cc1. The molecule has 7 aromatic rings. The maximum absolute atomic E-state index is 7.88. The standard InChI is InChI=1S/C57H52O4S/c1-35-15-9-12-18-45(35)57(46-19-13-10-16-36(46)2)60-48-31-43-44(32-49(48)62-57)52-42(51-50(43)41-17-11-14-20-47(41)55(51)33-53(3,4)54(5,6)34-55)29-30-56(61-52,37-21-25-39(58-7)26-22-37)38-23-27-40(59-8)28-24-38/h9-32H,33-34H2,1-8H3. The van der Waals surface area contributed by atoms with Crippen molar-refractivity contribution < 1.29 is 18.9 Å². The minimum atomic E-state index is -0.950. The molecule has 2 aliphatic carbocycles. The first kappa shape index (κ1) is 39.0. The van der Waals surface area contributed by atoms with E-state index < -0.39 is 10.5 Å². The fourth-order valence-electron chi connectivity index (χ4n) is 11.5. The molecule has 7 aromatic carbocycles. The topological polar surface area (TPSA) is 36.9 Å². The maximum Gasteiger partial charge on any atom is 0.211 e. The van der Waals surface area contributed by atoms with Crippen LogP contribution in [0.3, 0.4) is 0 Å². The molecule has 1 spiro atoms. The molecule has 310 valence electrons. The zero-order valence-corrected chi connectivity index (χ0v) is 37.6. The van der Waals surface area contributed by atoms with E-state index in [1.54, 1.807) is 26.0 Å². The Hall–Kier alpha value is -5.91. The van der Waals surface area contributed by atoms with Gasteiger partial charge >= 0.3 is 0 Å². The van der Waals surface area contributed by atoms with E-state index in [1.165, 1.54) is 38.9 Å². The molecule has 0 atom stereocenters. The van der Waals surface area contributed by atoms with Crippen LogP contribution < -0.4 is 18.9 Å². The average molecular weight is 833 g/mol. The predicted octanol–water partition coefficient (Wildman–Crippen LogP) is 14.3. The van der Waals surface area contributed by atoms with Gasteiger partial charge in [-0.05, 0) is 119 Å². The number of benzene rings is 7. The Bertz CT molecular complexity index is 2880. The molecule has 0 saturated heterocycles. The van der Waals surface area contributed by atoms with E-state index in [0.717, 1.165) is 73.8 Å². The molecule has 0 aromatic heterocycles. The van der Waals surface area contributed by atoms with Gasteiger partial charge in [-0.15, -0.1) is 0 Å². The number of methoxy groups -OCH3 is 2.